The molecule has 1 atom stereocenters. The molecule has 0 radical (unpaired) electrons. The van der Waals surface area contributed by atoms with Crippen LogP contribution in [-0.2, 0) is 0 Å². The molecule has 10 heavy (non-hydrogen) atoms. The van der Waals surface area contributed by atoms with Gasteiger partial charge in [0.25, 0.3) is 0 Å². The average molecular weight is 141 g/mol. The highest BCUT2D eigenvalue weighted by atomic mass is 15.4. The molecule has 1 saturated heterocycles. The van der Waals surface area contributed by atoms with Crippen LogP contribution in [0, 0.1) is 0 Å². The number of hydrogen-bond acceptors (Lipinski definition) is 3. The molecule has 1 aliphatic rings. The molecule has 1 aliphatic heterocycles. The van der Waals surface area contributed by atoms with E-state index in [1.807, 2.05) is 13.0 Å². The fourth-order valence-electron chi connectivity index (χ4n) is 0.962. The summed E-state index contributed by atoms with van der Waals surface area (Å²) in [5.74, 6) is 0. The van der Waals surface area contributed by atoms with Gasteiger partial charge >= 0.3 is 0 Å². The Kier molecular flexibility index (Phi) is 2.71. The predicted octanol–water partition coefficient (Wildman–Crippen LogP) is -0.290. The van der Waals surface area contributed by atoms with E-state index in [2.05, 4.69) is 16.4 Å². The second kappa shape index (κ2) is 3.58. The van der Waals surface area contributed by atoms with E-state index in [1.54, 1.807) is 0 Å². The molecule has 0 saturated carbocycles. The molecule has 0 spiro atoms. The third kappa shape index (κ3) is 2.01. The Balaban J connectivity index is 2.26. The zero-order valence-electron chi connectivity index (χ0n) is 6.38. The number of nitrogens with two attached hydrogens (primary N) is 1. The van der Waals surface area contributed by atoms with Crippen molar-refractivity contribution in [3.05, 3.63) is 12.3 Å². The third-order valence-corrected chi connectivity index (χ3v) is 1.51. The molecule has 1 fully saturated rings. The van der Waals surface area contributed by atoms with Gasteiger partial charge in [-0.05, 0) is 13.1 Å². The molecule has 0 aromatic carbocycles. The lowest BCUT2D eigenvalue weighted by Gasteiger charge is -2.16. The van der Waals surface area contributed by atoms with Gasteiger partial charge in [-0.1, -0.05) is 6.08 Å². The van der Waals surface area contributed by atoms with E-state index in [4.69, 9.17) is 5.73 Å². The summed E-state index contributed by atoms with van der Waals surface area (Å²) in [6, 6.07) is 0. The molecule has 58 valence electrons. The minimum Gasteiger partial charge on any atom is -0.360 e. The van der Waals surface area contributed by atoms with Crippen LogP contribution in [0.3, 0.4) is 0 Å². The fraction of sp³-hybridized carbons (Fsp3) is 0.714. The number of nitrogens with zero attached hydrogens (tertiary/aromatic N) is 1. The predicted molar refractivity (Wildman–Crippen MR) is 42.4 cm³/mol. The molecule has 0 amide bonds. The van der Waals surface area contributed by atoms with E-state index in [9.17, 15) is 0 Å². The lowest BCUT2D eigenvalue weighted by atomic mass is 10.5. The molecular formula is C7H15N3. The minimum absolute atomic E-state index is 0.555. The standard InChI is InChI=1S/C7H15N3/c1-2-4-10(5-3-8)7-6-9-7/h2,4,7,9H,3,5-6,8H2,1H3/b4-2-/t7-/m0/s1. The molecule has 0 bridgehead atoms. The summed E-state index contributed by atoms with van der Waals surface area (Å²) in [6.07, 6.45) is 4.67. The van der Waals surface area contributed by atoms with Crippen LogP contribution in [0.2, 0.25) is 0 Å². The van der Waals surface area contributed by atoms with Gasteiger partial charge in [0.05, 0.1) is 6.17 Å². The number of nitrogens with one attached hydrogen (secondary N) is 1. The first kappa shape index (κ1) is 7.57. The van der Waals surface area contributed by atoms with Gasteiger partial charge in [0.15, 0.2) is 0 Å². The van der Waals surface area contributed by atoms with Crippen LogP contribution in [0.15, 0.2) is 12.3 Å². The number of allylic oxidation sites excluding steroid dienone is 1. The van der Waals surface area contributed by atoms with Crippen molar-refractivity contribution < 1.29 is 0 Å². The molecule has 0 aromatic rings. The van der Waals surface area contributed by atoms with Gasteiger partial charge in [-0.2, -0.15) is 0 Å². The van der Waals surface area contributed by atoms with Crippen molar-refractivity contribution in [1.82, 2.24) is 10.2 Å². The van der Waals surface area contributed by atoms with Crippen molar-refractivity contribution in [2.24, 2.45) is 5.73 Å². The second-order valence-corrected chi connectivity index (χ2v) is 2.43. The van der Waals surface area contributed by atoms with Gasteiger partial charge in [-0.3, -0.25) is 5.32 Å². The zero-order valence-corrected chi connectivity index (χ0v) is 6.38. The maximum atomic E-state index is 5.42. The van der Waals surface area contributed by atoms with Gasteiger partial charge in [0.1, 0.15) is 0 Å². The van der Waals surface area contributed by atoms with E-state index in [0.717, 1.165) is 19.6 Å². The van der Waals surface area contributed by atoms with Crippen molar-refractivity contribution in [3.8, 4) is 0 Å². The summed E-state index contributed by atoms with van der Waals surface area (Å²) in [5.41, 5.74) is 5.42. The highest BCUT2D eigenvalue weighted by Crippen LogP contribution is 2.04. The van der Waals surface area contributed by atoms with Crippen LogP contribution in [0.4, 0.5) is 0 Å². The van der Waals surface area contributed by atoms with Crippen molar-refractivity contribution >= 4 is 0 Å². The molecule has 1 heterocycles. The van der Waals surface area contributed by atoms with Crippen molar-refractivity contribution in [2.45, 2.75) is 13.1 Å². The van der Waals surface area contributed by atoms with Gasteiger partial charge in [0.2, 0.25) is 0 Å². The van der Waals surface area contributed by atoms with Crippen LogP contribution in [-0.4, -0.2) is 30.7 Å². The van der Waals surface area contributed by atoms with Crippen LogP contribution in [0.1, 0.15) is 6.92 Å². The Morgan fingerprint density at radius 1 is 1.80 bits per heavy atom. The highest BCUT2D eigenvalue weighted by Gasteiger charge is 2.24. The molecule has 0 aliphatic carbocycles. The van der Waals surface area contributed by atoms with Crippen molar-refractivity contribution in [1.29, 1.82) is 0 Å². The average Bonchev–Trinajstić information content (AvgIpc) is 2.69. The normalized spacial score (nSPS) is 23.6. The Labute approximate surface area is 61.9 Å². The van der Waals surface area contributed by atoms with Crippen LogP contribution < -0.4 is 11.1 Å². The zero-order chi connectivity index (χ0) is 7.40. The van der Waals surface area contributed by atoms with Gasteiger partial charge in [-0.15, -0.1) is 0 Å². The Morgan fingerprint density at radius 3 is 2.90 bits per heavy atom. The maximum absolute atomic E-state index is 5.42. The first-order valence-electron chi connectivity index (χ1n) is 3.70. The summed E-state index contributed by atoms with van der Waals surface area (Å²) in [5, 5.41) is 3.22. The molecular weight excluding hydrogens is 126 g/mol. The lowest BCUT2D eigenvalue weighted by Crippen LogP contribution is -2.28. The van der Waals surface area contributed by atoms with E-state index < -0.39 is 0 Å². The highest BCUT2D eigenvalue weighted by molar-refractivity contribution is 4.91. The van der Waals surface area contributed by atoms with Gasteiger partial charge < -0.3 is 10.6 Å². The summed E-state index contributed by atoms with van der Waals surface area (Å²) in [6.45, 7) is 4.79. The summed E-state index contributed by atoms with van der Waals surface area (Å²) in [7, 11) is 0. The Bertz CT molecular complexity index is 118. The monoisotopic (exact) mass is 141 g/mol. The Morgan fingerprint density at radius 2 is 2.50 bits per heavy atom. The molecule has 1 rings (SSSR count). The van der Waals surface area contributed by atoms with Crippen LogP contribution in [0.25, 0.3) is 0 Å². The molecule has 3 N–H and O–H groups in total. The van der Waals surface area contributed by atoms with Crippen molar-refractivity contribution in [3.63, 3.8) is 0 Å². The van der Waals surface area contributed by atoms with E-state index in [0.29, 0.717) is 6.17 Å². The fourth-order valence-corrected chi connectivity index (χ4v) is 0.962. The van der Waals surface area contributed by atoms with Crippen molar-refractivity contribution in [2.75, 3.05) is 19.6 Å². The first-order chi connectivity index (χ1) is 4.88. The molecule has 3 nitrogen and oxygen atoms in total. The topological polar surface area (TPSA) is 51.2 Å². The maximum Gasteiger partial charge on any atom is 0.0919 e. The SMILES string of the molecule is C/C=C\N(CCN)[C@H]1CN1. The summed E-state index contributed by atoms with van der Waals surface area (Å²) in [4.78, 5) is 2.22. The van der Waals surface area contributed by atoms with Gasteiger partial charge in [-0.25, -0.2) is 0 Å². The third-order valence-electron chi connectivity index (χ3n) is 1.51. The van der Waals surface area contributed by atoms with E-state index in [-0.39, 0.29) is 0 Å². The smallest absolute Gasteiger partial charge is 0.0919 e. The van der Waals surface area contributed by atoms with E-state index >= 15 is 0 Å². The van der Waals surface area contributed by atoms with E-state index in [1.165, 1.54) is 0 Å². The number of hydrogen-bond donors (Lipinski definition) is 2. The molecule has 0 aromatic heterocycles. The molecule has 0 unspecified atom stereocenters. The second-order valence-electron chi connectivity index (χ2n) is 2.43. The van der Waals surface area contributed by atoms with Gasteiger partial charge in [0, 0.05) is 19.6 Å². The molecule has 3 heteroatoms. The van der Waals surface area contributed by atoms with Crippen LogP contribution >= 0.6 is 0 Å². The minimum atomic E-state index is 0.555. The number of rotatable bonds is 4. The largest absolute Gasteiger partial charge is 0.360 e. The summed E-state index contributed by atoms with van der Waals surface area (Å²) >= 11 is 0. The lowest BCUT2D eigenvalue weighted by molar-refractivity contribution is 0.371. The Hall–Kier alpha value is -0.540. The first-order valence-corrected chi connectivity index (χ1v) is 3.70. The quantitative estimate of drug-likeness (QED) is 0.529. The van der Waals surface area contributed by atoms with Crippen LogP contribution in [0.5, 0.6) is 0 Å². The summed E-state index contributed by atoms with van der Waals surface area (Å²) < 4.78 is 0.